The highest BCUT2D eigenvalue weighted by Gasteiger charge is 2.29. The zero-order valence-corrected chi connectivity index (χ0v) is 17.4. The van der Waals surface area contributed by atoms with E-state index >= 15 is 0 Å². The van der Waals surface area contributed by atoms with Crippen LogP contribution in [0.3, 0.4) is 0 Å². The molecule has 2 heterocycles. The number of benzene rings is 1. The number of nitrogens with zero attached hydrogens (tertiary/aromatic N) is 2. The van der Waals surface area contributed by atoms with E-state index in [0.29, 0.717) is 31.0 Å². The minimum Gasteiger partial charge on any atom is -0.338 e. The Labute approximate surface area is 177 Å². The fourth-order valence-electron chi connectivity index (χ4n) is 3.18. The lowest BCUT2D eigenvalue weighted by Crippen LogP contribution is -2.43. The van der Waals surface area contributed by atoms with Crippen molar-refractivity contribution in [2.24, 2.45) is 11.7 Å². The molecule has 0 aliphatic carbocycles. The molecule has 0 radical (unpaired) electrons. The van der Waals surface area contributed by atoms with Gasteiger partial charge >= 0.3 is 0 Å². The molecular weight excluding hydrogens is 399 g/mol. The first-order valence-corrected chi connectivity index (χ1v) is 8.89. The number of hydrogen-bond donors (Lipinski definition) is 2. The fourth-order valence-corrected chi connectivity index (χ4v) is 3.18. The standard InChI is InChI=1S/C20H24N4O2.2ClH/c1-14-4-2-6-18(22-14)23-19(25)17-5-3-11-24(13-17)20(26)16-9-7-15(12-21)8-10-16;;/h2,4,6-10,17H,3,5,11-13,21H2,1H3,(H,22,23,25);2*1H. The monoisotopic (exact) mass is 424 g/mol. The van der Waals surface area contributed by atoms with E-state index in [2.05, 4.69) is 10.3 Å². The number of amides is 2. The minimum absolute atomic E-state index is 0. The molecule has 1 fully saturated rings. The first-order chi connectivity index (χ1) is 12.6. The molecule has 0 saturated carbocycles. The number of rotatable bonds is 4. The van der Waals surface area contributed by atoms with Gasteiger partial charge in [-0.25, -0.2) is 4.98 Å². The van der Waals surface area contributed by atoms with Gasteiger partial charge in [-0.1, -0.05) is 18.2 Å². The van der Waals surface area contributed by atoms with Crippen LogP contribution in [0.1, 0.15) is 34.5 Å². The number of halogens is 2. The number of nitrogens with two attached hydrogens (primary N) is 1. The Morgan fingerprint density at radius 2 is 1.89 bits per heavy atom. The van der Waals surface area contributed by atoms with E-state index in [1.807, 2.05) is 31.2 Å². The van der Waals surface area contributed by atoms with Gasteiger partial charge in [0.2, 0.25) is 5.91 Å². The third-order valence-corrected chi connectivity index (χ3v) is 4.66. The van der Waals surface area contributed by atoms with E-state index in [-0.39, 0.29) is 42.5 Å². The maximum atomic E-state index is 12.7. The lowest BCUT2D eigenvalue weighted by molar-refractivity contribution is -0.121. The van der Waals surface area contributed by atoms with Gasteiger partial charge in [0.1, 0.15) is 5.82 Å². The lowest BCUT2D eigenvalue weighted by Gasteiger charge is -2.32. The van der Waals surface area contributed by atoms with Crippen LogP contribution in [-0.2, 0) is 11.3 Å². The molecule has 2 amide bonds. The molecule has 1 atom stereocenters. The summed E-state index contributed by atoms with van der Waals surface area (Å²) in [5.74, 6) is 0.202. The van der Waals surface area contributed by atoms with Crippen LogP contribution in [0, 0.1) is 12.8 Å². The topological polar surface area (TPSA) is 88.3 Å². The fraction of sp³-hybridized carbons (Fsp3) is 0.350. The van der Waals surface area contributed by atoms with Gasteiger partial charge in [-0.05, 0) is 49.6 Å². The van der Waals surface area contributed by atoms with E-state index < -0.39 is 0 Å². The summed E-state index contributed by atoms with van der Waals surface area (Å²) in [7, 11) is 0. The number of carbonyl (C=O) groups is 2. The number of hydrogen-bond acceptors (Lipinski definition) is 4. The normalized spacial score (nSPS) is 15.8. The summed E-state index contributed by atoms with van der Waals surface area (Å²) in [6.45, 7) is 3.43. The maximum Gasteiger partial charge on any atom is 0.253 e. The van der Waals surface area contributed by atoms with Crippen LogP contribution in [0.2, 0.25) is 0 Å². The molecule has 1 aliphatic rings. The van der Waals surface area contributed by atoms with Gasteiger partial charge in [-0.3, -0.25) is 9.59 Å². The molecule has 2 aromatic rings. The van der Waals surface area contributed by atoms with E-state index in [0.717, 1.165) is 24.1 Å². The van der Waals surface area contributed by atoms with Crippen molar-refractivity contribution < 1.29 is 9.59 Å². The summed E-state index contributed by atoms with van der Waals surface area (Å²) in [6, 6.07) is 12.8. The van der Waals surface area contributed by atoms with Crippen molar-refractivity contribution in [2.45, 2.75) is 26.3 Å². The van der Waals surface area contributed by atoms with E-state index in [4.69, 9.17) is 5.73 Å². The third-order valence-electron chi connectivity index (χ3n) is 4.66. The number of aromatic nitrogens is 1. The highest BCUT2D eigenvalue weighted by Crippen LogP contribution is 2.20. The second-order valence-electron chi connectivity index (χ2n) is 6.64. The van der Waals surface area contributed by atoms with Gasteiger partial charge in [0.05, 0.1) is 5.92 Å². The average molecular weight is 425 g/mol. The molecular formula is C20H26Cl2N4O2. The van der Waals surface area contributed by atoms with Gasteiger partial charge in [-0.15, -0.1) is 24.8 Å². The number of piperidine rings is 1. The second kappa shape index (κ2) is 11.0. The highest BCUT2D eigenvalue weighted by molar-refractivity contribution is 5.96. The molecule has 1 aromatic carbocycles. The molecule has 0 spiro atoms. The van der Waals surface area contributed by atoms with Gasteiger partial charge in [-0.2, -0.15) is 0 Å². The zero-order valence-electron chi connectivity index (χ0n) is 15.8. The van der Waals surface area contributed by atoms with Crippen molar-refractivity contribution in [1.82, 2.24) is 9.88 Å². The minimum atomic E-state index is -0.224. The Balaban J connectivity index is 0.00000196. The highest BCUT2D eigenvalue weighted by atomic mass is 35.5. The molecule has 152 valence electrons. The van der Waals surface area contributed by atoms with Crippen molar-refractivity contribution in [3.8, 4) is 0 Å². The van der Waals surface area contributed by atoms with Crippen LogP contribution in [-0.4, -0.2) is 34.8 Å². The van der Waals surface area contributed by atoms with Crippen LogP contribution < -0.4 is 11.1 Å². The Hall–Kier alpha value is -2.15. The molecule has 1 aliphatic heterocycles. The van der Waals surface area contributed by atoms with E-state index in [1.165, 1.54) is 0 Å². The Kier molecular flexibility index (Phi) is 9.38. The largest absolute Gasteiger partial charge is 0.338 e. The van der Waals surface area contributed by atoms with Gasteiger partial charge in [0, 0.05) is 30.9 Å². The van der Waals surface area contributed by atoms with E-state index in [1.54, 1.807) is 23.1 Å². The lowest BCUT2D eigenvalue weighted by atomic mass is 9.96. The summed E-state index contributed by atoms with van der Waals surface area (Å²) in [5.41, 5.74) is 8.07. The quantitative estimate of drug-likeness (QED) is 0.788. The van der Waals surface area contributed by atoms with Crippen LogP contribution in [0.4, 0.5) is 5.82 Å². The number of anilines is 1. The molecule has 0 bridgehead atoms. The Morgan fingerprint density at radius 1 is 1.18 bits per heavy atom. The zero-order chi connectivity index (χ0) is 18.5. The molecule has 6 nitrogen and oxygen atoms in total. The number of nitrogens with one attached hydrogen (secondary N) is 1. The van der Waals surface area contributed by atoms with Gasteiger partial charge < -0.3 is 16.0 Å². The summed E-state index contributed by atoms with van der Waals surface area (Å²) in [5, 5.41) is 2.86. The van der Waals surface area contributed by atoms with Crippen molar-refractivity contribution in [1.29, 1.82) is 0 Å². The van der Waals surface area contributed by atoms with Gasteiger partial charge in [0.25, 0.3) is 5.91 Å². The smallest absolute Gasteiger partial charge is 0.253 e. The maximum absolute atomic E-state index is 12.7. The van der Waals surface area contributed by atoms with Gasteiger partial charge in [0.15, 0.2) is 0 Å². The number of aryl methyl sites for hydroxylation is 1. The number of pyridine rings is 1. The average Bonchev–Trinajstić information content (AvgIpc) is 2.67. The molecule has 8 heteroatoms. The predicted octanol–water partition coefficient (Wildman–Crippen LogP) is 3.18. The molecule has 1 aromatic heterocycles. The molecule has 1 saturated heterocycles. The van der Waals surface area contributed by atoms with E-state index in [9.17, 15) is 9.59 Å². The number of carbonyl (C=O) groups excluding carboxylic acids is 2. The predicted molar refractivity (Wildman–Crippen MR) is 115 cm³/mol. The Bertz CT molecular complexity index is 799. The summed E-state index contributed by atoms with van der Waals surface area (Å²) in [6.07, 6.45) is 1.58. The first kappa shape index (κ1) is 23.9. The van der Waals surface area contributed by atoms with Crippen LogP contribution in [0.5, 0.6) is 0 Å². The summed E-state index contributed by atoms with van der Waals surface area (Å²) in [4.78, 5) is 31.3. The van der Waals surface area contributed by atoms with Crippen LogP contribution in [0.25, 0.3) is 0 Å². The summed E-state index contributed by atoms with van der Waals surface area (Å²) < 4.78 is 0. The van der Waals surface area contributed by atoms with Crippen molar-refractivity contribution in [2.75, 3.05) is 18.4 Å². The second-order valence-corrected chi connectivity index (χ2v) is 6.64. The summed E-state index contributed by atoms with van der Waals surface area (Å²) >= 11 is 0. The van der Waals surface area contributed by atoms with Crippen LogP contribution >= 0.6 is 24.8 Å². The Morgan fingerprint density at radius 3 is 2.54 bits per heavy atom. The SMILES string of the molecule is Cc1cccc(NC(=O)C2CCCN(C(=O)c3ccc(CN)cc3)C2)n1.Cl.Cl. The number of likely N-dealkylation sites (tertiary alicyclic amines) is 1. The van der Waals surface area contributed by atoms with Crippen LogP contribution in [0.15, 0.2) is 42.5 Å². The molecule has 1 unspecified atom stereocenters. The molecule has 3 rings (SSSR count). The molecule has 28 heavy (non-hydrogen) atoms. The molecule has 3 N–H and O–H groups in total. The van der Waals surface area contributed by atoms with Crippen molar-refractivity contribution >= 4 is 42.4 Å². The van der Waals surface area contributed by atoms with Crippen molar-refractivity contribution in [3.63, 3.8) is 0 Å². The third kappa shape index (κ3) is 5.92. The first-order valence-electron chi connectivity index (χ1n) is 8.89. The van der Waals surface area contributed by atoms with Crippen molar-refractivity contribution in [3.05, 3.63) is 59.3 Å².